The van der Waals surface area contributed by atoms with Gasteiger partial charge in [-0.2, -0.15) is 30.7 Å². The van der Waals surface area contributed by atoms with Gasteiger partial charge in [-0.1, -0.05) is 6.92 Å². The molecule has 0 radical (unpaired) electrons. The Kier molecular flexibility index (Phi) is 4.30. The molecular weight excluding hydrogens is 267 g/mol. The van der Waals surface area contributed by atoms with Crippen molar-refractivity contribution in [2.45, 2.75) is 32.0 Å². The first kappa shape index (κ1) is 15.3. The molecule has 8 heteroatoms. The summed E-state index contributed by atoms with van der Waals surface area (Å²) in [5.41, 5.74) is -3.05. The van der Waals surface area contributed by atoms with Gasteiger partial charge >= 0.3 is 12.2 Å². The van der Waals surface area contributed by atoms with Crippen LogP contribution in [0.15, 0.2) is 11.7 Å². The van der Waals surface area contributed by atoms with Crippen LogP contribution in [-0.4, -0.2) is 30.2 Å². The molecular formula is C10H12F7N. The maximum absolute atomic E-state index is 13.5. The van der Waals surface area contributed by atoms with Gasteiger partial charge in [-0.3, -0.25) is 0 Å². The molecule has 1 saturated heterocycles. The van der Waals surface area contributed by atoms with Crippen molar-refractivity contribution in [3.63, 3.8) is 0 Å². The summed E-state index contributed by atoms with van der Waals surface area (Å²) in [5, 5.41) is 0. The maximum Gasteiger partial charge on any atom is 0.425 e. The Bertz CT molecular complexity index is 322. The van der Waals surface area contributed by atoms with E-state index in [0.717, 1.165) is 0 Å². The molecule has 0 unspecified atom stereocenters. The average molecular weight is 279 g/mol. The molecule has 0 amide bonds. The Balaban J connectivity index is 3.00. The first-order chi connectivity index (χ1) is 8.06. The van der Waals surface area contributed by atoms with Crippen molar-refractivity contribution >= 4 is 0 Å². The van der Waals surface area contributed by atoms with Gasteiger partial charge in [0.05, 0.1) is 0 Å². The minimum atomic E-state index is -5.74. The predicted molar refractivity (Wildman–Crippen MR) is 50.2 cm³/mol. The molecule has 0 spiro atoms. The normalized spacial score (nSPS) is 20.0. The van der Waals surface area contributed by atoms with E-state index in [2.05, 4.69) is 0 Å². The van der Waals surface area contributed by atoms with Gasteiger partial charge in [0.2, 0.25) is 0 Å². The Morgan fingerprint density at radius 1 is 1.00 bits per heavy atom. The van der Waals surface area contributed by atoms with E-state index in [1.54, 1.807) is 6.92 Å². The number of piperidine rings is 1. The van der Waals surface area contributed by atoms with Crippen molar-refractivity contribution in [3.05, 3.63) is 11.7 Å². The quantitative estimate of drug-likeness (QED) is 0.545. The first-order valence-corrected chi connectivity index (χ1v) is 5.32. The highest BCUT2D eigenvalue weighted by Crippen LogP contribution is 2.43. The van der Waals surface area contributed by atoms with Gasteiger partial charge in [-0.15, -0.1) is 0 Å². The lowest BCUT2D eigenvalue weighted by atomic mass is 9.98. The average Bonchev–Trinajstić information content (AvgIpc) is 2.14. The van der Waals surface area contributed by atoms with Crippen LogP contribution in [0.25, 0.3) is 0 Å². The standard InChI is InChI=1S/C10H12F7N/c1-6-2-4-18(5-3-6)10(16,17)7(8(11)12)9(13,14)15/h6H,2-5H2,1H3. The molecule has 0 aromatic heterocycles. The second-order valence-corrected chi connectivity index (χ2v) is 4.34. The molecule has 1 nitrogen and oxygen atoms in total. The highest BCUT2D eigenvalue weighted by molar-refractivity contribution is 5.19. The second-order valence-electron chi connectivity index (χ2n) is 4.34. The van der Waals surface area contributed by atoms with Gasteiger partial charge in [-0.25, -0.2) is 4.90 Å². The predicted octanol–water partition coefficient (Wildman–Crippen LogP) is 4.02. The minimum absolute atomic E-state index is 0.102. The van der Waals surface area contributed by atoms with E-state index >= 15 is 0 Å². The smallest absolute Gasteiger partial charge is 0.240 e. The molecule has 1 rings (SSSR count). The van der Waals surface area contributed by atoms with Crippen molar-refractivity contribution in [1.82, 2.24) is 4.90 Å². The first-order valence-electron chi connectivity index (χ1n) is 5.32. The number of hydrogen-bond donors (Lipinski definition) is 0. The van der Waals surface area contributed by atoms with Crippen LogP contribution in [0.1, 0.15) is 19.8 Å². The molecule has 1 aliphatic rings. The lowest BCUT2D eigenvalue weighted by Gasteiger charge is -2.37. The van der Waals surface area contributed by atoms with E-state index in [0.29, 0.717) is 0 Å². The maximum atomic E-state index is 13.5. The number of nitrogens with zero attached hydrogens (tertiary/aromatic N) is 1. The number of halogens is 7. The fraction of sp³-hybridized carbons (Fsp3) is 0.800. The van der Waals surface area contributed by atoms with Crippen LogP contribution in [0, 0.1) is 5.92 Å². The number of hydrogen-bond acceptors (Lipinski definition) is 1. The summed E-state index contributed by atoms with van der Waals surface area (Å²) < 4.78 is 88.1. The summed E-state index contributed by atoms with van der Waals surface area (Å²) in [4.78, 5) is 0.162. The summed E-state index contributed by atoms with van der Waals surface area (Å²) >= 11 is 0. The Labute approximate surface area is 99.2 Å². The van der Waals surface area contributed by atoms with Crippen molar-refractivity contribution in [3.8, 4) is 0 Å². The summed E-state index contributed by atoms with van der Waals surface area (Å²) in [6.07, 6.45) is -8.61. The molecule has 106 valence electrons. The summed E-state index contributed by atoms with van der Waals surface area (Å²) in [6.45, 7) is 1.10. The number of likely N-dealkylation sites (tertiary alicyclic amines) is 1. The summed E-state index contributed by atoms with van der Waals surface area (Å²) in [7, 11) is 0. The van der Waals surface area contributed by atoms with Crippen LogP contribution in [-0.2, 0) is 0 Å². The third kappa shape index (κ3) is 3.15. The third-order valence-corrected chi connectivity index (χ3v) is 2.95. The topological polar surface area (TPSA) is 3.24 Å². The molecule has 0 atom stereocenters. The van der Waals surface area contributed by atoms with E-state index in [1.165, 1.54) is 0 Å². The highest BCUT2D eigenvalue weighted by Gasteiger charge is 2.57. The highest BCUT2D eigenvalue weighted by atomic mass is 19.4. The Hall–Kier alpha value is -0.790. The lowest BCUT2D eigenvalue weighted by Crippen LogP contribution is -2.50. The number of rotatable bonds is 2. The van der Waals surface area contributed by atoms with Gasteiger partial charge < -0.3 is 0 Å². The van der Waals surface area contributed by atoms with Crippen LogP contribution < -0.4 is 0 Å². The van der Waals surface area contributed by atoms with E-state index in [1.807, 2.05) is 0 Å². The van der Waals surface area contributed by atoms with Gasteiger partial charge in [0, 0.05) is 13.1 Å². The lowest BCUT2D eigenvalue weighted by molar-refractivity contribution is -0.188. The van der Waals surface area contributed by atoms with Crippen molar-refractivity contribution in [2.75, 3.05) is 13.1 Å². The van der Waals surface area contributed by atoms with Crippen molar-refractivity contribution in [2.24, 2.45) is 5.92 Å². The molecule has 0 aromatic rings. The van der Waals surface area contributed by atoms with Crippen LogP contribution in [0.3, 0.4) is 0 Å². The molecule has 1 heterocycles. The molecule has 1 fully saturated rings. The zero-order chi connectivity index (χ0) is 14.1. The van der Waals surface area contributed by atoms with E-state index < -0.39 is 23.9 Å². The van der Waals surface area contributed by atoms with E-state index in [4.69, 9.17) is 0 Å². The van der Waals surface area contributed by atoms with E-state index in [-0.39, 0.29) is 36.7 Å². The summed E-state index contributed by atoms with van der Waals surface area (Å²) in [5.74, 6) is 0.102. The zero-order valence-electron chi connectivity index (χ0n) is 9.50. The Morgan fingerprint density at radius 3 is 1.78 bits per heavy atom. The number of alkyl halides is 5. The van der Waals surface area contributed by atoms with Gasteiger partial charge in [-0.05, 0) is 18.8 Å². The largest absolute Gasteiger partial charge is 0.425 e. The molecule has 0 aromatic carbocycles. The molecule has 0 saturated carbocycles. The minimum Gasteiger partial charge on any atom is -0.240 e. The van der Waals surface area contributed by atoms with Crippen molar-refractivity contribution in [1.29, 1.82) is 0 Å². The monoisotopic (exact) mass is 279 g/mol. The second kappa shape index (κ2) is 5.07. The Morgan fingerprint density at radius 2 is 1.44 bits per heavy atom. The fourth-order valence-electron chi connectivity index (χ4n) is 1.84. The molecule has 0 N–H and O–H groups in total. The summed E-state index contributed by atoms with van der Waals surface area (Å²) in [6, 6.07) is -4.68. The van der Waals surface area contributed by atoms with Crippen LogP contribution >= 0.6 is 0 Å². The van der Waals surface area contributed by atoms with E-state index in [9.17, 15) is 30.7 Å². The van der Waals surface area contributed by atoms with Gasteiger partial charge in [0.15, 0.2) is 5.57 Å². The van der Waals surface area contributed by atoms with Gasteiger partial charge in [0.25, 0.3) is 6.08 Å². The van der Waals surface area contributed by atoms with Crippen LogP contribution in [0.4, 0.5) is 30.7 Å². The third-order valence-electron chi connectivity index (χ3n) is 2.95. The molecule has 0 bridgehead atoms. The van der Waals surface area contributed by atoms with Gasteiger partial charge in [0.1, 0.15) is 0 Å². The molecule has 18 heavy (non-hydrogen) atoms. The fourth-order valence-corrected chi connectivity index (χ4v) is 1.84. The molecule has 1 aliphatic heterocycles. The molecule has 0 aliphatic carbocycles. The zero-order valence-corrected chi connectivity index (χ0v) is 9.50. The van der Waals surface area contributed by atoms with Crippen LogP contribution in [0.5, 0.6) is 0 Å². The van der Waals surface area contributed by atoms with Crippen molar-refractivity contribution < 1.29 is 30.7 Å². The SMILES string of the molecule is CC1CCN(C(F)(F)C(=C(F)F)C(F)(F)F)CC1. The van der Waals surface area contributed by atoms with Crippen LogP contribution in [0.2, 0.25) is 0 Å².